The molecule has 1 saturated carbocycles. The Bertz CT molecular complexity index is 1150. The summed E-state index contributed by atoms with van der Waals surface area (Å²) < 4.78 is 0. The van der Waals surface area contributed by atoms with Crippen LogP contribution in [0, 0.1) is 17.8 Å². The number of rotatable bonds is 4. The average Bonchev–Trinajstić information content (AvgIpc) is 3.15. The molecule has 2 aromatic heterocycles. The average molecular weight is 417 g/mol. The third-order valence-corrected chi connectivity index (χ3v) is 5.60. The van der Waals surface area contributed by atoms with Gasteiger partial charge in [0.2, 0.25) is 5.91 Å². The van der Waals surface area contributed by atoms with Gasteiger partial charge in [-0.2, -0.15) is 5.10 Å². The molecule has 0 unspecified atom stereocenters. The highest BCUT2D eigenvalue weighted by Gasteiger charge is 2.26. The van der Waals surface area contributed by atoms with Crippen LogP contribution < -0.4 is 5.32 Å². The number of nitrogens with zero attached hydrogens (tertiary/aromatic N) is 2. The minimum absolute atomic E-state index is 0.0163. The smallest absolute Gasteiger partial charge is 0.224 e. The molecule has 3 aromatic rings. The Morgan fingerprint density at radius 3 is 2.77 bits per heavy atom. The molecule has 0 aliphatic heterocycles. The SMILES string of the molecule is CC(C)CC(=O)Nc1cncc(-c2ccc3n[nH]c(C#CC4(O)CCCCC4)c3c2)c1. The van der Waals surface area contributed by atoms with Gasteiger partial charge in [0.15, 0.2) is 0 Å². The molecule has 0 spiro atoms. The summed E-state index contributed by atoms with van der Waals surface area (Å²) in [6.45, 7) is 4.03. The summed E-state index contributed by atoms with van der Waals surface area (Å²) >= 11 is 0. The van der Waals surface area contributed by atoms with Crippen LogP contribution in [0.2, 0.25) is 0 Å². The van der Waals surface area contributed by atoms with Crippen molar-refractivity contribution in [3.63, 3.8) is 0 Å². The first kappa shape index (κ1) is 21.1. The first-order valence-corrected chi connectivity index (χ1v) is 10.9. The van der Waals surface area contributed by atoms with Gasteiger partial charge in [-0.25, -0.2) is 0 Å². The lowest BCUT2D eigenvalue weighted by molar-refractivity contribution is -0.116. The molecule has 4 rings (SSSR count). The van der Waals surface area contributed by atoms with Gasteiger partial charge >= 0.3 is 0 Å². The number of aliphatic hydroxyl groups is 1. The molecule has 1 amide bonds. The predicted octanol–water partition coefficient (Wildman–Crippen LogP) is 4.66. The van der Waals surface area contributed by atoms with E-state index in [0.29, 0.717) is 23.7 Å². The number of nitrogens with one attached hydrogen (secondary N) is 2. The molecular weight excluding hydrogens is 388 g/mol. The van der Waals surface area contributed by atoms with Crippen molar-refractivity contribution < 1.29 is 9.90 Å². The zero-order chi connectivity index (χ0) is 21.8. The summed E-state index contributed by atoms with van der Waals surface area (Å²) in [5, 5.41) is 21.8. The number of fused-ring (bicyclic) bond motifs is 1. The monoisotopic (exact) mass is 416 g/mol. The lowest BCUT2D eigenvalue weighted by Gasteiger charge is -2.26. The Hall–Kier alpha value is -3.17. The van der Waals surface area contributed by atoms with Crippen molar-refractivity contribution in [3.8, 4) is 23.0 Å². The fourth-order valence-corrected chi connectivity index (χ4v) is 3.97. The quantitative estimate of drug-likeness (QED) is 0.540. The number of carbonyl (C=O) groups excluding carboxylic acids is 1. The van der Waals surface area contributed by atoms with Crippen LogP contribution in [-0.2, 0) is 4.79 Å². The highest BCUT2D eigenvalue weighted by molar-refractivity contribution is 5.92. The number of hydrogen-bond donors (Lipinski definition) is 3. The molecule has 1 aliphatic rings. The van der Waals surface area contributed by atoms with Crippen molar-refractivity contribution in [3.05, 3.63) is 42.4 Å². The lowest BCUT2D eigenvalue weighted by atomic mass is 9.85. The number of H-pyrrole nitrogens is 1. The maximum absolute atomic E-state index is 12.1. The Labute approximate surface area is 182 Å². The molecule has 0 bridgehead atoms. The van der Waals surface area contributed by atoms with Crippen molar-refractivity contribution in [2.75, 3.05) is 5.32 Å². The summed E-state index contributed by atoms with van der Waals surface area (Å²) in [5.41, 5.74) is 3.15. The summed E-state index contributed by atoms with van der Waals surface area (Å²) in [6, 6.07) is 7.85. The van der Waals surface area contributed by atoms with Gasteiger partial charge in [0.25, 0.3) is 0 Å². The highest BCUT2D eigenvalue weighted by atomic mass is 16.3. The molecule has 6 heteroatoms. The molecule has 1 aliphatic carbocycles. The van der Waals surface area contributed by atoms with Crippen LogP contribution in [0.5, 0.6) is 0 Å². The number of benzene rings is 1. The Morgan fingerprint density at radius 1 is 1.19 bits per heavy atom. The first-order chi connectivity index (χ1) is 14.9. The van der Waals surface area contributed by atoms with Crippen LogP contribution in [0.15, 0.2) is 36.7 Å². The van der Waals surface area contributed by atoms with Crippen LogP contribution in [-0.4, -0.2) is 31.8 Å². The summed E-state index contributed by atoms with van der Waals surface area (Å²) in [7, 11) is 0. The Morgan fingerprint density at radius 2 is 2.00 bits per heavy atom. The minimum Gasteiger partial charge on any atom is -0.378 e. The van der Waals surface area contributed by atoms with Crippen LogP contribution in [0.4, 0.5) is 5.69 Å². The van der Waals surface area contributed by atoms with E-state index in [2.05, 4.69) is 32.3 Å². The van der Waals surface area contributed by atoms with Gasteiger partial charge in [0, 0.05) is 23.6 Å². The molecule has 0 atom stereocenters. The molecule has 1 fully saturated rings. The van der Waals surface area contributed by atoms with Gasteiger partial charge in [0.05, 0.1) is 17.4 Å². The van der Waals surface area contributed by atoms with Crippen LogP contribution in [0.25, 0.3) is 22.0 Å². The fraction of sp³-hybridized carbons (Fsp3) is 0.400. The molecule has 0 radical (unpaired) electrons. The third kappa shape index (κ3) is 5.12. The molecule has 31 heavy (non-hydrogen) atoms. The van der Waals surface area contributed by atoms with E-state index >= 15 is 0 Å². The molecular formula is C25H28N4O2. The minimum atomic E-state index is -0.903. The summed E-state index contributed by atoms with van der Waals surface area (Å²) in [5.74, 6) is 6.47. The standard InChI is InChI=1S/C25H28N4O2/c1-17(2)12-24(30)27-20-13-19(15-26-16-20)18-6-7-22-21(14-18)23(29-28-22)8-11-25(31)9-4-3-5-10-25/h6-7,13-17,31H,3-5,9-10,12H2,1-2H3,(H,27,30)(H,28,29). The normalized spacial score (nSPS) is 15.5. The van der Waals surface area contributed by atoms with E-state index < -0.39 is 5.60 Å². The fourth-order valence-electron chi connectivity index (χ4n) is 3.97. The van der Waals surface area contributed by atoms with Crippen molar-refractivity contribution in [2.24, 2.45) is 5.92 Å². The summed E-state index contributed by atoms with van der Waals surface area (Å²) in [4.78, 5) is 16.4. The number of aromatic amines is 1. The topological polar surface area (TPSA) is 90.9 Å². The maximum Gasteiger partial charge on any atom is 0.224 e. The third-order valence-electron chi connectivity index (χ3n) is 5.60. The van der Waals surface area contributed by atoms with Gasteiger partial charge in [-0.15, -0.1) is 0 Å². The second kappa shape index (κ2) is 8.91. The number of pyridine rings is 1. The highest BCUT2D eigenvalue weighted by Crippen LogP contribution is 2.29. The van der Waals surface area contributed by atoms with E-state index in [1.54, 1.807) is 12.4 Å². The number of hydrogen-bond acceptors (Lipinski definition) is 4. The van der Waals surface area contributed by atoms with Crippen LogP contribution in [0.3, 0.4) is 0 Å². The van der Waals surface area contributed by atoms with Crippen molar-refractivity contribution in [1.82, 2.24) is 15.2 Å². The molecule has 0 saturated heterocycles. The maximum atomic E-state index is 12.1. The number of aromatic nitrogens is 3. The molecule has 160 valence electrons. The van der Waals surface area contributed by atoms with Gasteiger partial charge in [-0.3, -0.25) is 14.9 Å². The van der Waals surface area contributed by atoms with Gasteiger partial charge < -0.3 is 10.4 Å². The molecule has 6 nitrogen and oxygen atoms in total. The van der Waals surface area contributed by atoms with Gasteiger partial charge in [-0.1, -0.05) is 32.3 Å². The number of carbonyl (C=O) groups is 1. The second-order valence-corrected chi connectivity index (χ2v) is 8.78. The van der Waals surface area contributed by atoms with E-state index in [1.165, 1.54) is 0 Å². The molecule has 2 heterocycles. The summed E-state index contributed by atoms with van der Waals surface area (Å²) in [6.07, 6.45) is 8.52. The predicted molar refractivity (Wildman–Crippen MR) is 122 cm³/mol. The van der Waals surface area contributed by atoms with Gasteiger partial charge in [0.1, 0.15) is 11.3 Å². The van der Waals surface area contributed by atoms with E-state index in [9.17, 15) is 9.90 Å². The lowest BCUT2D eigenvalue weighted by Crippen LogP contribution is -2.29. The van der Waals surface area contributed by atoms with E-state index in [1.807, 2.05) is 38.1 Å². The van der Waals surface area contributed by atoms with Crippen LogP contribution in [0.1, 0.15) is 58.1 Å². The zero-order valence-corrected chi connectivity index (χ0v) is 18.0. The van der Waals surface area contributed by atoms with Gasteiger partial charge in [-0.05, 0) is 61.3 Å². The van der Waals surface area contributed by atoms with Crippen molar-refractivity contribution in [1.29, 1.82) is 0 Å². The van der Waals surface area contributed by atoms with Crippen LogP contribution >= 0.6 is 0 Å². The molecule has 1 aromatic carbocycles. The number of anilines is 1. The zero-order valence-electron chi connectivity index (χ0n) is 18.0. The Kier molecular flexibility index (Phi) is 6.06. The van der Waals surface area contributed by atoms with E-state index in [-0.39, 0.29) is 5.91 Å². The second-order valence-electron chi connectivity index (χ2n) is 8.78. The van der Waals surface area contributed by atoms with Crippen molar-refractivity contribution in [2.45, 2.75) is 58.0 Å². The first-order valence-electron chi connectivity index (χ1n) is 10.9. The number of amides is 1. The van der Waals surface area contributed by atoms with E-state index in [0.717, 1.165) is 54.1 Å². The Balaban J connectivity index is 1.61. The van der Waals surface area contributed by atoms with Crippen molar-refractivity contribution >= 4 is 22.5 Å². The molecule has 3 N–H and O–H groups in total. The largest absolute Gasteiger partial charge is 0.378 e. The van der Waals surface area contributed by atoms with E-state index in [4.69, 9.17) is 0 Å².